The fourth-order valence-electron chi connectivity index (χ4n) is 2.44. The summed E-state index contributed by atoms with van der Waals surface area (Å²) in [5, 5.41) is 2.89. The van der Waals surface area contributed by atoms with E-state index in [9.17, 15) is 9.59 Å². The van der Waals surface area contributed by atoms with E-state index in [1.54, 1.807) is 0 Å². The van der Waals surface area contributed by atoms with Crippen molar-refractivity contribution in [3.05, 3.63) is 0 Å². The van der Waals surface area contributed by atoms with E-state index in [1.807, 2.05) is 18.7 Å². The van der Waals surface area contributed by atoms with Crippen molar-refractivity contribution in [3.8, 4) is 0 Å². The van der Waals surface area contributed by atoms with Gasteiger partial charge in [-0.3, -0.25) is 9.59 Å². The van der Waals surface area contributed by atoms with Crippen LogP contribution in [0.1, 0.15) is 39.5 Å². The summed E-state index contributed by atoms with van der Waals surface area (Å²) in [4.78, 5) is 26.0. The monoisotopic (exact) mass is 267 g/mol. The first-order valence-electron chi connectivity index (χ1n) is 7.22. The van der Waals surface area contributed by atoms with E-state index in [0.717, 1.165) is 32.2 Å². The zero-order chi connectivity index (χ0) is 14.0. The van der Waals surface area contributed by atoms with E-state index in [2.05, 4.69) is 5.32 Å². The Labute approximate surface area is 114 Å². The van der Waals surface area contributed by atoms with Crippen LogP contribution in [0.4, 0.5) is 0 Å². The SMILES string of the molecule is CC(C)(N)CNC(=O)C1CCCN(C(=O)C2CC2)C1. The predicted molar refractivity (Wildman–Crippen MR) is 73.3 cm³/mol. The van der Waals surface area contributed by atoms with Crippen molar-refractivity contribution in [3.63, 3.8) is 0 Å². The number of piperidine rings is 1. The molecule has 2 amide bonds. The summed E-state index contributed by atoms with van der Waals surface area (Å²) in [7, 11) is 0. The highest BCUT2D eigenvalue weighted by Crippen LogP contribution is 2.32. The lowest BCUT2D eigenvalue weighted by atomic mass is 9.96. The average molecular weight is 267 g/mol. The topological polar surface area (TPSA) is 75.4 Å². The molecule has 1 heterocycles. The summed E-state index contributed by atoms with van der Waals surface area (Å²) < 4.78 is 0. The third-order valence-electron chi connectivity index (χ3n) is 3.75. The van der Waals surface area contributed by atoms with Gasteiger partial charge in [0, 0.05) is 31.1 Å². The predicted octanol–water partition coefficient (Wildman–Crippen LogP) is 0.489. The lowest BCUT2D eigenvalue weighted by molar-refractivity contribution is -0.136. The average Bonchev–Trinajstić information content (AvgIpc) is 3.18. The molecule has 3 N–H and O–H groups in total. The molecule has 2 aliphatic rings. The molecular formula is C14H25N3O2. The van der Waals surface area contributed by atoms with Gasteiger partial charge in [0.2, 0.25) is 11.8 Å². The molecule has 1 atom stereocenters. The maximum Gasteiger partial charge on any atom is 0.225 e. The maximum absolute atomic E-state index is 12.1. The van der Waals surface area contributed by atoms with Crippen molar-refractivity contribution in [1.29, 1.82) is 0 Å². The Balaban J connectivity index is 1.82. The van der Waals surface area contributed by atoms with Gasteiger partial charge in [0.1, 0.15) is 0 Å². The van der Waals surface area contributed by atoms with Crippen LogP contribution in [-0.4, -0.2) is 41.9 Å². The molecule has 1 aliphatic carbocycles. The van der Waals surface area contributed by atoms with Gasteiger partial charge in [0.25, 0.3) is 0 Å². The molecule has 0 radical (unpaired) electrons. The first-order chi connectivity index (χ1) is 8.87. The molecule has 1 saturated heterocycles. The molecule has 1 aliphatic heterocycles. The number of carbonyl (C=O) groups excluding carboxylic acids is 2. The largest absolute Gasteiger partial charge is 0.354 e. The Hall–Kier alpha value is -1.10. The maximum atomic E-state index is 12.1. The van der Waals surface area contributed by atoms with Gasteiger partial charge >= 0.3 is 0 Å². The first kappa shape index (κ1) is 14.3. The third-order valence-corrected chi connectivity index (χ3v) is 3.75. The Bertz CT molecular complexity index is 358. The van der Waals surface area contributed by atoms with Gasteiger partial charge in [-0.2, -0.15) is 0 Å². The summed E-state index contributed by atoms with van der Waals surface area (Å²) in [6.07, 6.45) is 3.83. The Morgan fingerprint density at radius 3 is 2.53 bits per heavy atom. The van der Waals surface area contributed by atoms with Crippen LogP contribution < -0.4 is 11.1 Å². The van der Waals surface area contributed by atoms with E-state index in [-0.39, 0.29) is 23.7 Å². The van der Waals surface area contributed by atoms with Crippen LogP contribution in [0.15, 0.2) is 0 Å². The summed E-state index contributed by atoms with van der Waals surface area (Å²) in [6, 6.07) is 0. The number of nitrogens with one attached hydrogen (secondary N) is 1. The van der Waals surface area contributed by atoms with Crippen molar-refractivity contribution in [2.24, 2.45) is 17.6 Å². The Morgan fingerprint density at radius 2 is 1.95 bits per heavy atom. The molecule has 1 saturated carbocycles. The van der Waals surface area contributed by atoms with Crippen molar-refractivity contribution in [1.82, 2.24) is 10.2 Å². The van der Waals surface area contributed by atoms with Crippen LogP contribution >= 0.6 is 0 Å². The van der Waals surface area contributed by atoms with E-state index in [1.165, 1.54) is 0 Å². The molecule has 5 heteroatoms. The number of nitrogens with zero attached hydrogens (tertiary/aromatic N) is 1. The second-order valence-corrected chi connectivity index (χ2v) is 6.60. The third kappa shape index (κ3) is 4.20. The van der Waals surface area contributed by atoms with Crippen molar-refractivity contribution in [2.45, 2.75) is 45.1 Å². The molecular weight excluding hydrogens is 242 g/mol. The van der Waals surface area contributed by atoms with Crippen LogP contribution in [0.2, 0.25) is 0 Å². The summed E-state index contributed by atoms with van der Waals surface area (Å²) >= 11 is 0. The van der Waals surface area contributed by atoms with E-state index >= 15 is 0 Å². The molecule has 0 aromatic heterocycles. The van der Waals surface area contributed by atoms with Gasteiger partial charge in [-0.25, -0.2) is 0 Å². The quantitative estimate of drug-likeness (QED) is 0.778. The molecule has 0 bridgehead atoms. The first-order valence-corrected chi connectivity index (χ1v) is 7.22. The fraction of sp³-hybridized carbons (Fsp3) is 0.857. The minimum atomic E-state index is -0.395. The van der Waals surface area contributed by atoms with Crippen molar-refractivity contribution in [2.75, 3.05) is 19.6 Å². The van der Waals surface area contributed by atoms with Crippen LogP contribution in [0.5, 0.6) is 0 Å². The van der Waals surface area contributed by atoms with Gasteiger partial charge in [-0.15, -0.1) is 0 Å². The van der Waals surface area contributed by atoms with Crippen LogP contribution in [0, 0.1) is 11.8 Å². The highest BCUT2D eigenvalue weighted by Gasteiger charge is 2.36. The second kappa shape index (κ2) is 5.49. The van der Waals surface area contributed by atoms with Gasteiger partial charge in [0.15, 0.2) is 0 Å². The summed E-state index contributed by atoms with van der Waals surface area (Å²) in [6.45, 7) is 5.63. The molecule has 108 valence electrons. The van der Waals surface area contributed by atoms with Crippen LogP contribution in [0.25, 0.3) is 0 Å². The zero-order valence-electron chi connectivity index (χ0n) is 11.9. The van der Waals surface area contributed by atoms with Crippen LogP contribution in [-0.2, 0) is 9.59 Å². The molecule has 5 nitrogen and oxygen atoms in total. The lowest BCUT2D eigenvalue weighted by Gasteiger charge is -2.32. The minimum Gasteiger partial charge on any atom is -0.354 e. The van der Waals surface area contributed by atoms with Gasteiger partial charge in [-0.05, 0) is 39.5 Å². The number of likely N-dealkylation sites (tertiary alicyclic amines) is 1. The number of carbonyl (C=O) groups is 2. The highest BCUT2D eigenvalue weighted by molar-refractivity contribution is 5.83. The van der Waals surface area contributed by atoms with Gasteiger partial charge in [-0.1, -0.05) is 0 Å². The molecule has 0 aromatic carbocycles. The minimum absolute atomic E-state index is 0.0341. The number of hydrogen-bond donors (Lipinski definition) is 2. The van der Waals surface area contributed by atoms with Gasteiger partial charge < -0.3 is 16.0 Å². The Kier molecular flexibility index (Phi) is 4.13. The fourth-order valence-corrected chi connectivity index (χ4v) is 2.44. The molecule has 19 heavy (non-hydrogen) atoms. The number of nitrogens with two attached hydrogens (primary N) is 1. The summed E-state index contributed by atoms with van der Waals surface area (Å²) in [5.74, 6) is 0.451. The number of hydrogen-bond acceptors (Lipinski definition) is 3. The second-order valence-electron chi connectivity index (χ2n) is 6.60. The number of amides is 2. The van der Waals surface area contributed by atoms with Gasteiger partial charge in [0.05, 0.1) is 5.92 Å². The molecule has 1 unspecified atom stereocenters. The standard InChI is InChI=1S/C14H25N3O2/c1-14(2,15)9-16-12(18)11-4-3-7-17(8-11)13(19)10-5-6-10/h10-11H,3-9,15H2,1-2H3,(H,16,18). The lowest BCUT2D eigenvalue weighted by Crippen LogP contribution is -2.50. The van der Waals surface area contributed by atoms with Crippen molar-refractivity contribution < 1.29 is 9.59 Å². The Morgan fingerprint density at radius 1 is 1.26 bits per heavy atom. The highest BCUT2D eigenvalue weighted by atomic mass is 16.2. The molecule has 2 rings (SSSR count). The van der Waals surface area contributed by atoms with E-state index < -0.39 is 5.54 Å². The smallest absolute Gasteiger partial charge is 0.225 e. The van der Waals surface area contributed by atoms with E-state index in [4.69, 9.17) is 5.73 Å². The summed E-state index contributed by atoms with van der Waals surface area (Å²) in [5.41, 5.74) is 5.46. The number of rotatable bonds is 4. The molecule has 0 aromatic rings. The van der Waals surface area contributed by atoms with E-state index in [0.29, 0.717) is 13.1 Å². The van der Waals surface area contributed by atoms with Crippen LogP contribution in [0.3, 0.4) is 0 Å². The zero-order valence-corrected chi connectivity index (χ0v) is 11.9. The molecule has 2 fully saturated rings. The van der Waals surface area contributed by atoms with Crippen molar-refractivity contribution >= 4 is 11.8 Å². The normalized spacial score (nSPS) is 24.2. The molecule has 0 spiro atoms.